The molecule has 1 aromatic heterocycles. The highest BCUT2D eigenvalue weighted by Gasteiger charge is 2.27. The third kappa shape index (κ3) is 4.40. The lowest BCUT2D eigenvalue weighted by Gasteiger charge is -2.33. The fraction of sp³-hybridized carbons (Fsp3) is 0.360. The van der Waals surface area contributed by atoms with Crippen molar-refractivity contribution in [3.63, 3.8) is 0 Å². The molecule has 0 saturated carbocycles. The van der Waals surface area contributed by atoms with Gasteiger partial charge in [-0.1, -0.05) is 0 Å². The molecule has 0 spiro atoms. The monoisotopic (exact) mass is 483 g/mol. The van der Waals surface area contributed by atoms with Crippen LogP contribution >= 0.6 is 0 Å². The molecule has 1 unspecified atom stereocenters. The number of hydrogen-bond donors (Lipinski definition) is 1. The summed E-state index contributed by atoms with van der Waals surface area (Å²) in [5.74, 6) is 0.324. The minimum absolute atomic E-state index is 0.0238. The number of H-pyrrole nitrogens is 1. The molecule has 0 radical (unpaired) electrons. The van der Waals surface area contributed by atoms with Gasteiger partial charge in [-0.05, 0) is 75.6 Å². The maximum absolute atomic E-state index is 13.3. The minimum atomic E-state index is -3.94. The van der Waals surface area contributed by atoms with Crippen LogP contribution < -0.4 is 14.5 Å². The van der Waals surface area contributed by atoms with Crippen LogP contribution in [0.3, 0.4) is 0 Å². The summed E-state index contributed by atoms with van der Waals surface area (Å²) >= 11 is 0. The summed E-state index contributed by atoms with van der Waals surface area (Å²) in [6, 6.07) is 11.1. The first-order valence-electron chi connectivity index (χ1n) is 11.4. The highest BCUT2D eigenvalue weighted by atomic mass is 32.2. The Hall–Kier alpha value is -3.33. The van der Waals surface area contributed by atoms with Gasteiger partial charge in [0.2, 0.25) is 5.43 Å². The number of anilines is 1. The van der Waals surface area contributed by atoms with Crippen LogP contribution in [0.2, 0.25) is 0 Å². The van der Waals surface area contributed by atoms with Crippen molar-refractivity contribution in [3.8, 4) is 5.75 Å². The molecule has 1 amide bonds. The van der Waals surface area contributed by atoms with Crippen LogP contribution in [-0.4, -0.2) is 50.5 Å². The number of pyridine rings is 1. The van der Waals surface area contributed by atoms with Crippen molar-refractivity contribution in [3.05, 3.63) is 64.4 Å². The Bertz CT molecular complexity index is 1370. The second kappa shape index (κ2) is 9.50. The van der Waals surface area contributed by atoms with Gasteiger partial charge in [0.15, 0.2) is 0 Å². The zero-order valence-electron chi connectivity index (χ0n) is 19.6. The average Bonchev–Trinajstić information content (AvgIpc) is 2.84. The van der Waals surface area contributed by atoms with Crippen LogP contribution in [0.15, 0.2) is 58.4 Å². The molecule has 1 aliphatic heterocycles. The van der Waals surface area contributed by atoms with E-state index in [0.717, 1.165) is 23.6 Å². The maximum Gasteiger partial charge on any atom is 0.264 e. The van der Waals surface area contributed by atoms with E-state index in [1.807, 2.05) is 13.8 Å². The standard InChI is InChI=1S/C25H29N3O5S/c1-4-33-19-10-8-18(9-11-19)27(3)34(31,32)20-12-13-23-21(15-20)24(29)22(16-26-23)25(30)28-14-6-5-7-17(28)2/h8-13,15-17H,4-7,14H2,1-3H3,(H,26,29). The van der Waals surface area contributed by atoms with E-state index in [9.17, 15) is 18.0 Å². The number of carbonyl (C=O) groups excluding carboxylic acids is 1. The third-order valence-corrected chi connectivity index (χ3v) is 8.10. The minimum Gasteiger partial charge on any atom is -0.494 e. The summed E-state index contributed by atoms with van der Waals surface area (Å²) < 4.78 is 33.2. The van der Waals surface area contributed by atoms with Gasteiger partial charge in [-0.25, -0.2) is 8.42 Å². The van der Waals surface area contributed by atoms with E-state index in [4.69, 9.17) is 4.74 Å². The first-order chi connectivity index (χ1) is 16.2. The number of aromatic nitrogens is 1. The summed E-state index contributed by atoms with van der Waals surface area (Å²) in [6.45, 7) is 4.98. The molecule has 4 rings (SSSR count). The van der Waals surface area contributed by atoms with Crippen LogP contribution in [0.1, 0.15) is 43.5 Å². The second-order valence-electron chi connectivity index (χ2n) is 8.48. The largest absolute Gasteiger partial charge is 0.494 e. The Balaban J connectivity index is 1.70. The molecule has 1 atom stereocenters. The van der Waals surface area contributed by atoms with Crippen molar-refractivity contribution in [1.82, 2.24) is 9.88 Å². The number of fused-ring (bicyclic) bond motifs is 1. The van der Waals surface area contributed by atoms with Crippen LogP contribution in [0.5, 0.6) is 5.75 Å². The van der Waals surface area contributed by atoms with Gasteiger partial charge in [0, 0.05) is 36.7 Å². The van der Waals surface area contributed by atoms with Crippen LogP contribution in [-0.2, 0) is 10.0 Å². The molecule has 1 aliphatic rings. The Morgan fingerprint density at radius 2 is 1.91 bits per heavy atom. The van der Waals surface area contributed by atoms with Crippen molar-refractivity contribution in [2.45, 2.75) is 44.0 Å². The predicted molar refractivity (Wildman–Crippen MR) is 132 cm³/mol. The van der Waals surface area contributed by atoms with Gasteiger partial charge in [0.1, 0.15) is 11.3 Å². The zero-order valence-corrected chi connectivity index (χ0v) is 20.4. The Morgan fingerprint density at radius 1 is 1.18 bits per heavy atom. The zero-order chi connectivity index (χ0) is 24.5. The van der Waals surface area contributed by atoms with Crippen molar-refractivity contribution in [2.75, 3.05) is 24.5 Å². The molecule has 1 saturated heterocycles. The molecule has 34 heavy (non-hydrogen) atoms. The van der Waals surface area contributed by atoms with E-state index in [0.29, 0.717) is 30.1 Å². The predicted octanol–water partition coefficient (Wildman–Crippen LogP) is 3.77. The van der Waals surface area contributed by atoms with Crippen molar-refractivity contribution < 1.29 is 17.9 Å². The molecule has 3 aromatic rings. The summed E-state index contributed by atoms with van der Waals surface area (Å²) in [4.78, 5) is 31.0. The number of rotatable bonds is 6. The number of nitrogens with zero attached hydrogens (tertiary/aromatic N) is 2. The summed E-state index contributed by atoms with van der Waals surface area (Å²) in [7, 11) is -2.49. The van der Waals surface area contributed by atoms with E-state index < -0.39 is 15.5 Å². The van der Waals surface area contributed by atoms with Crippen LogP contribution in [0, 0.1) is 0 Å². The van der Waals surface area contributed by atoms with Crippen molar-refractivity contribution in [2.24, 2.45) is 0 Å². The molecule has 0 aliphatic carbocycles. The van der Waals surface area contributed by atoms with Gasteiger partial charge in [0.05, 0.1) is 17.2 Å². The van der Waals surface area contributed by atoms with E-state index in [1.165, 1.54) is 25.4 Å². The SMILES string of the molecule is CCOc1ccc(N(C)S(=O)(=O)c2ccc3[nH]cc(C(=O)N4CCCCC4C)c(=O)c3c2)cc1. The molecule has 2 aromatic carbocycles. The van der Waals surface area contributed by atoms with E-state index in [1.54, 1.807) is 35.2 Å². The lowest BCUT2D eigenvalue weighted by Crippen LogP contribution is -2.43. The Kier molecular flexibility index (Phi) is 6.65. The smallest absolute Gasteiger partial charge is 0.264 e. The molecular formula is C25H29N3O5S. The van der Waals surface area contributed by atoms with Gasteiger partial charge in [-0.3, -0.25) is 13.9 Å². The number of hydrogen-bond acceptors (Lipinski definition) is 5. The van der Waals surface area contributed by atoms with E-state index in [2.05, 4.69) is 4.98 Å². The Labute approximate surface area is 199 Å². The normalized spacial score (nSPS) is 16.4. The molecule has 9 heteroatoms. The second-order valence-corrected chi connectivity index (χ2v) is 10.5. The molecular weight excluding hydrogens is 454 g/mol. The van der Waals surface area contributed by atoms with Crippen LogP contribution in [0.25, 0.3) is 10.9 Å². The molecule has 1 N–H and O–H groups in total. The summed E-state index contributed by atoms with van der Waals surface area (Å²) in [6.07, 6.45) is 4.29. The number of ether oxygens (including phenoxy) is 1. The molecule has 0 bridgehead atoms. The Morgan fingerprint density at radius 3 is 2.59 bits per heavy atom. The van der Waals surface area contributed by atoms with E-state index in [-0.39, 0.29) is 27.8 Å². The summed E-state index contributed by atoms with van der Waals surface area (Å²) in [5.41, 5.74) is 0.476. The highest BCUT2D eigenvalue weighted by molar-refractivity contribution is 7.92. The fourth-order valence-corrected chi connectivity index (χ4v) is 5.51. The number of amides is 1. The number of likely N-dealkylation sites (tertiary alicyclic amines) is 1. The molecule has 2 heterocycles. The van der Waals surface area contributed by atoms with Crippen molar-refractivity contribution in [1.29, 1.82) is 0 Å². The van der Waals surface area contributed by atoms with Gasteiger partial charge < -0.3 is 14.6 Å². The van der Waals surface area contributed by atoms with Gasteiger partial charge in [0.25, 0.3) is 15.9 Å². The third-order valence-electron chi connectivity index (χ3n) is 6.32. The quantitative estimate of drug-likeness (QED) is 0.575. The number of benzene rings is 2. The summed E-state index contributed by atoms with van der Waals surface area (Å²) in [5, 5.41) is 0.164. The number of piperidine rings is 1. The number of aromatic amines is 1. The first-order valence-corrected chi connectivity index (χ1v) is 12.9. The number of sulfonamides is 1. The first kappa shape index (κ1) is 23.8. The van der Waals surface area contributed by atoms with Crippen molar-refractivity contribution >= 4 is 32.5 Å². The lowest BCUT2D eigenvalue weighted by molar-refractivity contribution is 0.0634. The highest BCUT2D eigenvalue weighted by Crippen LogP contribution is 2.26. The average molecular weight is 484 g/mol. The lowest BCUT2D eigenvalue weighted by atomic mass is 10.0. The maximum atomic E-state index is 13.3. The van der Waals surface area contributed by atoms with Gasteiger partial charge >= 0.3 is 0 Å². The molecule has 8 nitrogen and oxygen atoms in total. The van der Waals surface area contributed by atoms with Gasteiger partial charge in [-0.2, -0.15) is 0 Å². The van der Waals surface area contributed by atoms with E-state index >= 15 is 0 Å². The molecule has 1 fully saturated rings. The fourth-order valence-electron chi connectivity index (χ4n) is 4.29. The van der Waals surface area contributed by atoms with Gasteiger partial charge in [-0.15, -0.1) is 0 Å². The topological polar surface area (TPSA) is 99.8 Å². The number of carbonyl (C=O) groups is 1. The molecule has 180 valence electrons. The number of nitrogens with one attached hydrogen (secondary N) is 1. The van der Waals surface area contributed by atoms with Crippen LogP contribution in [0.4, 0.5) is 5.69 Å².